The second kappa shape index (κ2) is 8.25. The predicted molar refractivity (Wildman–Crippen MR) is 95.4 cm³/mol. The fourth-order valence-electron chi connectivity index (χ4n) is 2.04. The molecule has 0 aliphatic rings. The summed E-state index contributed by atoms with van der Waals surface area (Å²) < 4.78 is 7.52. The Morgan fingerprint density at radius 3 is 2.38 bits per heavy atom. The number of halogens is 2. The van der Waals surface area contributed by atoms with Gasteiger partial charge in [-0.2, -0.15) is 0 Å². The molecule has 2 aromatic rings. The van der Waals surface area contributed by atoms with E-state index in [2.05, 4.69) is 37.2 Å². The number of amides is 1. The van der Waals surface area contributed by atoms with Crippen LogP contribution in [-0.2, 0) is 20.9 Å². The van der Waals surface area contributed by atoms with Gasteiger partial charge in [-0.3, -0.25) is 9.59 Å². The maximum atomic E-state index is 12.2. The highest BCUT2D eigenvalue weighted by molar-refractivity contribution is 9.10. The lowest BCUT2D eigenvalue weighted by molar-refractivity contribution is -0.145. The molecule has 0 aliphatic heterocycles. The number of nitrogens with zero attached hydrogens (tertiary/aromatic N) is 1. The monoisotopic (exact) mass is 456 g/mol. The number of ether oxygens (including phenoxy) is 1. The average Bonchev–Trinajstić information content (AvgIpc) is 2.56. The minimum Gasteiger partial charge on any atom is -0.467 e. The highest BCUT2D eigenvalue weighted by atomic mass is 79.9. The van der Waals surface area contributed by atoms with Gasteiger partial charge in [-0.1, -0.05) is 28.1 Å². The maximum Gasteiger partial charge on any atom is 0.333 e. The van der Waals surface area contributed by atoms with Crippen LogP contribution in [0.2, 0.25) is 0 Å². The van der Waals surface area contributed by atoms with E-state index in [1.54, 1.807) is 30.3 Å². The molecule has 1 aromatic heterocycles. The summed E-state index contributed by atoms with van der Waals surface area (Å²) in [4.78, 5) is 36.0. The number of esters is 1. The topological polar surface area (TPSA) is 77.4 Å². The van der Waals surface area contributed by atoms with Crippen molar-refractivity contribution in [2.24, 2.45) is 0 Å². The summed E-state index contributed by atoms with van der Waals surface area (Å²) in [6.07, 6.45) is 1.51. The van der Waals surface area contributed by atoms with Crippen LogP contribution in [-0.4, -0.2) is 23.6 Å². The zero-order valence-corrected chi connectivity index (χ0v) is 15.8. The summed E-state index contributed by atoms with van der Waals surface area (Å²) in [6.45, 7) is -0.206. The van der Waals surface area contributed by atoms with Crippen molar-refractivity contribution < 1.29 is 14.3 Å². The molecule has 2 rings (SSSR count). The first-order valence-corrected chi connectivity index (χ1v) is 8.48. The summed E-state index contributed by atoms with van der Waals surface area (Å²) in [7, 11) is 1.25. The van der Waals surface area contributed by atoms with Gasteiger partial charge in [0.15, 0.2) is 6.04 Å². The standard InChI is InChI=1S/C16H14Br2N2O4/c1-24-16(23)15(10-2-4-11(17)5-3-10)19-13(21)9-20-8-12(18)6-7-14(20)22/h2-8,15H,9H2,1H3,(H,19,21). The van der Waals surface area contributed by atoms with E-state index in [9.17, 15) is 14.4 Å². The predicted octanol–water partition coefficient (Wildman–Crippen LogP) is 2.40. The van der Waals surface area contributed by atoms with Crippen molar-refractivity contribution in [1.82, 2.24) is 9.88 Å². The van der Waals surface area contributed by atoms with Gasteiger partial charge in [-0.15, -0.1) is 0 Å². The summed E-state index contributed by atoms with van der Waals surface area (Å²) in [5.74, 6) is -1.07. The molecule has 0 bridgehead atoms. The molecule has 24 heavy (non-hydrogen) atoms. The third-order valence-electron chi connectivity index (χ3n) is 3.21. The normalized spacial score (nSPS) is 11.6. The van der Waals surface area contributed by atoms with Crippen LogP contribution in [0.3, 0.4) is 0 Å². The first-order chi connectivity index (χ1) is 11.4. The quantitative estimate of drug-likeness (QED) is 0.699. The molecule has 8 heteroatoms. The number of hydrogen-bond acceptors (Lipinski definition) is 4. The van der Waals surface area contributed by atoms with Gasteiger partial charge in [0.25, 0.3) is 5.56 Å². The number of pyridine rings is 1. The molecule has 1 heterocycles. The smallest absolute Gasteiger partial charge is 0.333 e. The van der Waals surface area contributed by atoms with Crippen LogP contribution in [0.5, 0.6) is 0 Å². The minimum atomic E-state index is -0.946. The molecule has 0 saturated carbocycles. The lowest BCUT2D eigenvalue weighted by Crippen LogP contribution is -2.38. The number of methoxy groups -OCH3 is 1. The Kier molecular flexibility index (Phi) is 6.33. The Morgan fingerprint density at radius 2 is 1.75 bits per heavy atom. The number of carbonyl (C=O) groups is 2. The van der Waals surface area contributed by atoms with Crippen molar-refractivity contribution in [1.29, 1.82) is 0 Å². The van der Waals surface area contributed by atoms with Crippen LogP contribution < -0.4 is 10.9 Å². The van der Waals surface area contributed by atoms with Crippen LogP contribution >= 0.6 is 31.9 Å². The van der Waals surface area contributed by atoms with E-state index in [0.29, 0.717) is 10.0 Å². The fraction of sp³-hybridized carbons (Fsp3) is 0.188. The van der Waals surface area contributed by atoms with Crippen molar-refractivity contribution >= 4 is 43.7 Å². The van der Waals surface area contributed by atoms with Crippen molar-refractivity contribution in [3.8, 4) is 0 Å². The van der Waals surface area contributed by atoms with Crippen molar-refractivity contribution in [3.05, 3.63) is 67.5 Å². The Labute approximate surface area is 155 Å². The zero-order chi connectivity index (χ0) is 17.7. The second-order valence-corrected chi connectivity index (χ2v) is 6.72. The molecule has 0 radical (unpaired) electrons. The van der Waals surface area contributed by atoms with Crippen LogP contribution in [0.1, 0.15) is 11.6 Å². The third-order valence-corrected chi connectivity index (χ3v) is 4.20. The Bertz CT molecular complexity index is 802. The number of nitrogens with one attached hydrogen (secondary N) is 1. The molecule has 1 unspecified atom stereocenters. The summed E-state index contributed by atoms with van der Waals surface area (Å²) in [6, 6.07) is 8.93. The van der Waals surface area contributed by atoms with Crippen LogP contribution in [0.4, 0.5) is 0 Å². The zero-order valence-electron chi connectivity index (χ0n) is 12.7. The van der Waals surface area contributed by atoms with Gasteiger partial charge in [0.1, 0.15) is 6.54 Å². The maximum absolute atomic E-state index is 12.2. The van der Waals surface area contributed by atoms with E-state index in [1.165, 1.54) is 23.9 Å². The summed E-state index contributed by atoms with van der Waals surface area (Å²) in [5.41, 5.74) is 0.270. The Hall–Kier alpha value is -1.93. The van der Waals surface area contributed by atoms with Gasteiger partial charge in [0.2, 0.25) is 5.91 Å². The van der Waals surface area contributed by atoms with Gasteiger partial charge in [0, 0.05) is 21.2 Å². The van der Waals surface area contributed by atoms with Crippen LogP contribution in [0.25, 0.3) is 0 Å². The van der Waals surface area contributed by atoms with Gasteiger partial charge in [-0.05, 0) is 39.7 Å². The molecule has 0 spiro atoms. The molecule has 6 nitrogen and oxygen atoms in total. The molecule has 0 aliphatic carbocycles. The van der Waals surface area contributed by atoms with E-state index >= 15 is 0 Å². The highest BCUT2D eigenvalue weighted by Gasteiger charge is 2.23. The van der Waals surface area contributed by atoms with E-state index in [1.807, 2.05) is 0 Å². The van der Waals surface area contributed by atoms with Crippen molar-refractivity contribution in [3.63, 3.8) is 0 Å². The first-order valence-electron chi connectivity index (χ1n) is 6.89. The van der Waals surface area contributed by atoms with Gasteiger partial charge in [0.05, 0.1) is 7.11 Å². The van der Waals surface area contributed by atoms with Gasteiger partial charge >= 0.3 is 5.97 Å². The number of rotatable bonds is 5. The SMILES string of the molecule is COC(=O)C(NC(=O)Cn1cc(Br)ccc1=O)c1ccc(Br)cc1. The van der Waals surface area contributed by atoms with Gasteiger partial charge in [-0.25, -0.2) is 4.79 Å². The molecular weight excluding hydrogens is 444 g/mol. The number of benzene rings is 1. The molecule has 1 atom stereocenters. The molecule has 0 saturated heterocycles. The second-order valence-electron chi connectivity index (χ2n) is 4.89. The van der Waals surface area contributed by atoms with Crippen LogP contribution in [0.15, 0.2) is 56.3 Å². The van der Waals surface area contributed by atoms with Crippen molar-refractivity contribution in [2.75, 3.05) is 7.11 Å². The average molecular weight is 458 g/mol. The lowest BCUT2D eigenvalue weighted by atomic mass is 10.1. The minimum absolute atomic E-state index is 0.206. The molecule has 1 aromatic carbocycles. The largest absolute Gasteiger partial charge is 0.467 e. The number of hydrogen-bond donors (Lipinski definition) is 1. The van der Waals surface area contributed by atoms with Crippen LogP contribution in [0, 0.1) is 0 Å². The Morgan fingerprint density at radius 1 is 1.12 bits per heavy atom. The summed E-state index contributed by atoms with van der Waals surface area (Å²) in [5, 5.41) is 2.59. The Balaban J connectivity index is 2.18. The van der Waals surface area contributed by atoms with Gasteiger partial charge < -0.3 is 14.6 Å². The molecule has 1 N–H and O–H groups in total. The number of carbonyl (C=O) groups excluding carboxylic acids is 2. The highest BCUT2D eigenvalue weighted by Crippen LogP contribution is 2.18. The first kappa shape index (κ1) is 18.4. The van der Waals surface area contributed by atoms with E-state index in [-0.39, 0.29) is 12.1 Å². The summed E-state index contributed by atoms with van der Waals surface area (Å²) >= 11 is 6.56. The third kappa shape index (κ3) is 4.78. The van der Waals surface area contributed by atoms with E-state index < -0.39 is 17.9 Å². The molecular formula is C16H14Br2N2O4. The molecule has 126 valence electrons. The van der Waals surface area contributed by atoms with Crippen molar-refractivity contribution in [2.45, 2.75) is 12.6 Å². The van der Waals surface area contributed by atoms with E-state index in [0.717, 1.165) is 4.47 Å². The lowest BCUT2D eigenvalue weighted by Gasteiger charge is -2.17. The molecule has 0 fully saturated rings. The fourth-order valence-corrected chi connectivity index (χ4v) is 2.68. The number of aromatic nitrogens is 1. The van der Waals surface area contributed by atoms with E-state index in [4.69, 9.17) is 4.74 Å². The molecule has 1 amide bonds.